The molecule has 2 aromatic rings. The van der Waals surface area contributed by atoms with Gasteiger partial charge in [-0.25, -0.2) is 9.78 Å². The van der Waals surface area contributed by atoms with Crippen LogP contribution in [0.2, 0.25) is 0 Å². The van der Waals surface area contributed by atoms with Crippen LogP contribution in [-0.4, -0.2) is 61.6 Å². The molecule has 0 atom stereocenters. The number of aromatic nitrogens is 1. The molecule has 0 bridgehead atoms. The fourth-order valence-electron chi connectivity index (χ4n) is 3.10. The standard InChI is InChI=1S/C20H24N4O3/c1-3-23-10-12-24(13-11-23)15-8-9-18(21-14-15)19(25)22-17-7-5-4-6-16(17)20(26)27-2/h4-9,14H,3,10-13H2,1-2H3,(H,22,25). The lowest BCUT2D eigenvalue weighted by molar-refractivity contribution is 0.0602. The molecule has 1 amide bonds. The summed E-state index contributed by atoms with van der Waals surface area (Å²) in [6.45, 7) is 7.20. The monoisotopic (exact) mass is 368 g/mol. The van der Waals surface area contributed by atoms with Crippen molar-refractivity contribution >= 4 is 23.3 Å². The van der Waals surface area contributed by atoms with Crippen molar-refractivity contribution in [1.29, 1.82) is 0 Å². The highest BCUT2D eigenvalue weighted by Gasteiger charge is 2.18. The Hall–Kier alpha value is -2.93. The summed E-state index contributed by atoms with van der Waals surface area (Å²) in [5, 5.41) is 2.73. The van der Waals surface area contributed by atoms with E-state index in [1.54, 1.807) is 36.5 Å². The molecule has 1 N–H and O–H groups in total. The van der Waals surface area contributed by atoms with Crippen LogP contribution in [0.4, 0.5) is 11.4 Å². The fraction of sp³-hybridized carbons (Fsp3) is 0.350. The van der Waals surface area contributed by atoms with Crippen molar-refractivity contribution in [2.45, 2.75) is 6.92 Å². The summed E-state index contributed by atoms with van der Waals surface area (Å²) in [5.74, 6) is -0.867. The van der Waals surface area contributed by atoms with Gasteiger partial charge in [0.05, 0.1) is 30.2 Å². The van der Waals surface area contributed by atoms with Gasteiger partial charge in [0, 0.05) is 26.2 Å². The van der Waals surface area contributed by atoms with Crippen LogP contribution in [-0.2, 0) is 4.74 Å². The van der Waals surface area contributed by atoms with Crippen molar-refractivity contribution in [2.24, 2.45) is 0 Å². The molecule has 1 saturated heterocycles. The molecule has 0 spiro atoms. The average molecular weight is 368 g/mol. The lowest BCUT2D eigenvalue weighted by Crippen LogP contribution is -2.46. The molecule has 0 aliphatic carbocycles. The maximum Gasteiger partial charge on any atom is 0.339 e. The zero-order chi connectivity index (χ0) is 19.2. The second-order valence-electron chi connectivity index (χ2n) is 6.31. The number of hydrogen-bond acceptors (Lipinski definition) is 6. The van der Waals surface area contributed by atoms with E-state index in [2.05, 4.69) is 27.0 Å². The fourth-order valence-corrected chi connectivity index (χ4v) is 3.10. The van der Waals surface area contributed by atoms with Gasteiger partial charge in [-0.2, -0.15) is 0 Å². The van der Waals surface area contributed by atoms with E-state index in [1.807, 2.05) is 6.07 Å². The Morgan fingerprint density at radius 1 is 1.11 bits per heavy atom. The minimum absolute atomic E-state index is 0.297. The summed E-state index contributed by atoms with van der Waals surface area (Å²) >= 11 is 0. The highest BCUT2D eigenvalue weighted by atomic mass is 16.5. The Kier molecular flexibility index (Phi) is 6.03. The molecule has 1 aromatic heterocycles. The summed E-state index contributed by atoms with van der Waals surface area (Å²) in [6.07, 6.45) is 1.72. The normalized spacial score (nSPS) is 14.7. The second kappa shape index (κ2) is 8.64. The number of amides is 1. The van der Waals surface area contributed by atoms with Gasteiger partial charge in [0.25, 0.3) is 5.91 Å². The Labute approximate surface area is 158 Å². The largest absolute Gasteiger partial charge is 0.465 e. The Balaban J connectivity index is 1.67. The van der Waals surface area contributed by atoms with Crippen LogP contribution in [0.15, 0.2) is 42.6 Å². The number of nitrogens with one attached hydrogen (secondary N) is 1. The van der Waals surface area contributed by atoms with Crippen molar-refractivity contribution in [3.63, 3.8) is 0 Å². The Morgan fingerprint density at radius 2 is 1.85 bits per heavy atom. The van der Waals surface area contributed by atoms with Crippen molar-refractivity contribution in [1.82, 2.24) is 9.88 Å². The Bertz CT molecular complexity index is 799. The first-order chi connectivity index (χ1) is 13.1. The van der Waals surface area contributed by atoms with Gasteiger partial charge in [-0.15, -0.1) is 0 Å². The second-order valence-corrected chi connectivity index (χ2v) is 6.31. The summed E-state index contributed by atoms with van der Waals surface area (Å²) in [5.41, 5.74) is 2.01. The third-order valence-corrected chi connectivity index (χ3v) is 4.75. The summed E-state index contributed by atoms with van der Waals surface area (Å²) in [4.78, 5) is 33.3. The van der Waals surface area contributed by atoms with Gasteiger partial charge in [0.1, 0.15) is 5.69 Å². The zero-order valence-electron chi connectivity index (χ0n) is 15.6. The van der Waals surface area contributed by atoms with E-state index >= 15 is 0 Å². The molecule has 142 valence electrons. The number of piperazine rings is 1. The molecule has 7 heteroatoms. The van der Waals surface area contributed by atoms with Crippen LogP contribution in [0.3, 0.4) is 0 Å². The number of methoxy groups -OCH3 is 1. The highest BCUT2D eigenvalue weighted by molar-refractivity contribution is 6.07. The van der Waals surface area contributed by atoms with Crippen LogP contribution in [0.25, 0.3) is 0 Å². The summed E-state index contributed by atoms with van der Waals surface area (Å²) < 4.78 is 4.75. The van der Waals surface area contributed by atoms with Crippen LogP contribution in [0.5, 0.6) is 0 Å². The maximum absolute atomic E-state index is 12.5. The molecule has 0 radical (unpaired) electrons. The first-order valence-electron chi connectivity index (χ1n) is 9.04. The van der Waals surface area contributed by atoms with E-state index in [0.717, 1.165) is 38.4 Å². The molecule has 27 heavy (non-hydrogen) atoms. The quantitative estimate of drug-likeness (QED) is 0.816. The number of rotatable bonds is 5. The Morgan fingerprint density at radius 3 is 2.48 bits per heavy atom. The molecule has 1 fully saturated rings. The molecule has 1 aromatic carbocycles. The predicted molar refractivity (Wildman–Crippen MR) is 104 cm³/mol. The third-order valence-electron chi connectivity index (χ3n) is 4.75. The van der Waals surface area contributed by atoms with Crippen LogP contribution in [0, 0.1) is 0 Å². The molecule has 0 unspecified atom stereocenters. The number of nitrogens with zero attached hydrogens (tertiary/aromatic N) is 3. The number of likely N-dealkylation sites (N-methyl/N-ethyl adjacent to an activating group) is 1. The van der Waals surface area contributed by atoms with Gasteiger partial charge in [-0.1, -0.05) is 19.1 Å². The van der Waals surface area contributed by atoms with E-state index < -0.39 is 5.97 Å². The first kappa shape index (κ1) is 18.8. The molecule has 7 nitrogen and oxygen atoms in total. The highest BCUT2D eigenvalue weighted by Crippen LogP contribution is 2.19. The lowest BCUT2D eigenvalue weighted by Gasteiger charge is -2.35. The number of esters is 1. The van der Waals surface area contributed by atoms with Gasteiger partial charge < -0.3 is 19.9 Å². The predicted octanol–water partition coefficient (Wildman–Crippen LogP) is 2.26. The van der Waals surface area contributed by atoms with Crippen LogP contribution >= 0.6 is 0 Å². The van der Waals surface area contributed by atoms with Crippen LogP contribution in [0.1, 0.15) is 27.8 Å². The molecule has 3 rings (SSSR count). The molecule has 2 heterocycles. The van der Waals surface area contributed by atoms with E-state index in [-0.39, 0.29) is 5.91 Å². The van der Waals surface area contributed by atoms with E-state index in [4.69, 9.17) is 4.74 Å². The van der Waals surface area contributed by atoms with E-state index in [1.165, 1.54) is 7.11 Å². The first-order valence-corrected chi connectivity index (χ1v) is 9.04. The number of pyridine rings is 1. The minimum Gasteiger partial charge on any atom is -0.465 e. The maximum atomic E-state index is 12.5. The molecule has 1 aliphatic rings. The molecule has 0 saturated carbocycles. The van der Waals surface area contributed by atoms with Gasteiger partial charge in [-0.05, 0) is 30.8 Å². The SMILES string of the molecule is CCN1CCN(c2ccc(C(=O)Nc3ccccc3C(=O)OC)nc2)CC1. The van der Waals surface area contributed by atoms with Gasteiger partial charge in [0.15, 0.2) is 0 Å². The molecular weight excluding hydrogens is 344 g/mol. The van der Waals surface area contributed by atoms with Crippen LogP contribution < -0.4 is 10.2 Å². The zero-order valence-corrected chi connectivity index (χ0v) is 15.6. The summed E-state index contributed by atoms with van der Waals surface area (Å²) in [7, 11) is 1.31. The average Bonchev–Trinajstić information content (AvgIpc) is 2.73. The van der Waals surface area contributed by atoms with E-state index in [0.29, 0.717) is 16.9 Å². The molecular formula is C20H24N4O3. The number of ether oxygens (including phenoxy) is 1. The van der Waals surface area contributed by atoms with Gasteiger partial charge in [0.2, 0.25) is 0 Å². The van der Waals surface area contributed by atoms with E-state index in [9.17, 15) is 9.59 Å². The number of carbonyl (C=O) groups is 2. The number of para-hydroxylation sites is 1. The van der Waals surface area contributed by atoms with Crippen molar-refractivity contribution < 1.29 is 14.3 Å². The van der Waals surface area contributed by atoms with Crippen molar-refractivity contribution in [3.8, 4) is 0 Å². The van der Waals surface area contributed by atoms with Crippen molar-refractivity contribution in [3.05, 3.63) is 53.9 Å². The van der Waals surface area contributed by atoms with Crippen molar-refractivity contribution in [2.75, 3.05) is 50.1 Å². The number of anilines is 2. The van der Waals surface area contributed by atoms with Gasteiger partial charge >= 0.3 is 5.97 Å². The van der Waals surface area contributed by atoms with Gasteiger partial charge in [-0.3, -0.25) is 4.79 Å². The number of benzene rings is 1. The third kappa shape index (κ3) is 4.43. The summed E-state index contributed by atoms with van der Waals surface area (Å²) in [6, 6.07) is 10.3. The molecule has 1 aliphatic heterocycles. The smallest absolute Gasteiger partial charge is 0.339 e. The number of carbonyl (C=O) groups excluding carboxylic acids is 2. The minimum atomic E-state index is -0.500. The number of hydrogen-bond donors (Lipinski definition) is 1. The lowest BCUT2D eigenvalue weighted by atomic mass is 10.1. The topological polar surface area (TPSA) is 74.8 Å².